The van der Waals surface area contributed by atoms with E-state index in [0.717, 1.165) is 57.8 Å². The zero-order valence-corrected chi connectivity index (χ0v) is 29.6. The molecule has 5 heteroatoms. The third-order valence-corrected chi connectivity index (χ3v) is 12.4. The van der Waals surface area contributed by atoms with Crippen molar-refractivity contribution in [3.8, 4) is 33.9 Å². The van der Waals surface area contributed by atoms with Gasteiger partial charge >= 0.3 is 0 Å². The highest BCUT2D eigenvalue weighted by Gasteiger charge is 2.32. The third-order valence-electron chi connectivity index (χ3n) is 11.1. The molecule has 0 N–H and O–H groups in total. The van der Waals surface area contributed by atoms with Gasteiger partial charge in [-0.1, -0.05) is 140 Å². The van der Waals surface area contributed by atoms with E-state index in [1.165, 1.54) is 42.4 Å². The molecule has 53 heavy (non-hydrogen) atoms. The molecule has 3 unspecified atom stereocenters. The summed E-state index contributed by atoms with van der Waals surface area (Å²) in [7, 11) is 0. The SMILES string of the molecule is C1=CC2=c3c4c(oc3=NC(c3cccc(-c5cc(-c6cccc7c8c(sc67)C(c6ccccc6)CC=C8)nc(-c6ccccc6)n5)c3)C2C=C1)C=CC4. The summed E-state index contributed by atoms with van der Waals surface area (Å²) < 4.78 is 7.60. The number of nitrogens with zero attached hydrogens (tertiary/aromatic N) is 3. The van der Waals surface area contributed by atoms with Crippen LogP contribution in [-0.4, -0.2) is 9.97 Å². The van der Waals surface area contributed by atoms with Crippen molar-refractivity contribution in [1.82, 2.24) is 9.97 Å². The smallest absolute Gasteiger partial charge is 0.223 e. The van der Waals surface area contributed by atoms with Crippen LogP contribution in [0.1, 0.15) is 51.3 Å². The van der Waals surface area contributed by atoms with Gasteiger partial charge in [0, 0.05) is 54.3 Å². The van der Waals surface area contributed by atoms with Crippen molar-refractivity contribution >= 4 is 39.1 Å². The quantitative estimate of drug-likeness (QED) is 0.180. The molecule has 7 aromatic rings. The molecule has 0 saturated carbocycles. The van der Waals surface area contributed by atoms with E-state index in [2.05, 4.69) is 152 Å². The predicted molar refractivity (Wildman–Crippen MR) is 216 cm³/mol. The number of allylic oxidation sites excluding steroid dienone is 5. The molecule has 4 nitrogen and oxygen atoms in total. The molecule has 3 aromatic heterocycles. The summed E-state index contributed by atoms with van der Waals surface area (Å²) in [5.41, 5.74) is 12.1. The number of hydrogen-bond donors (Lipinski definition) is 0. The summed E-state index contributed by atoms with van der Waals surface area (Å²) in [6.07, 6.45) is 19.6. The fourth-order valence-corrected chi connectivity index (χ4v) is 10.0. The van der Waals surface area contributed by atoms with Gasteiger partial charge in [-0.25, -0.2) is 15.0 Å². The average molecular weight is 700 g/mol. The molecule has 3 aliphatic carbocycles. The van der Waals surface area contributed by atoms with Gasteiger partial charge in [0.25, 0.3) is 0 Å². The molecule has 0 amide bonds. The number of aromatic nitrogens is 2. The summed E-state index contributed by atoms with van der Waals surface area (Å²) in [6, 6.07) is 38.7. The molecule has 252 valence electrons. The Kier molecular flexibility index (Phi) is 7.02. The van der Waals surface area contributed by atoms with Crippen LogP contribution in [0.3, 0.4) is 0 Å². The molecule has 0 radical (unpaired) electrons. The number of thiophene rings is 1. The molecule has 11 rings (SSSR count). The molecule has 0 fully saturated rings. The maximum atomic E-state index is 6.33. The number of hydrogen-bond acceptors (Lipinski definition) is 5. The zero-order valence-electron chi connectivity index (χ0n) is 28.8. The molecular weight excluding hydrogens is 667 g/mol. The molecule has 4 aliphatic rings. The first-order valence-corrected chi connectivity index (χ1v) is 19.2. The van der Waals surface area contributed by atoms with Crippen LogP contribution in [-0.2, 0) is 6.42 Å². The van der Waals surface area contributed by atoms with E-state index in [9.17, 15) is 0 Å². The van der Waals surface area contributed by atoms with E-state index in [1.807, 2.05) is 17.4 Å². The summed E-state index contributed by atoms with van der Waals surface area (Å²) in [6.45, 7) is 0. The number of furan rings is 1. The Morgan fingerprint density at radius 2 is 1.51 bits per heavy atom. The Morgan fingerprint density at radius 3 is 2.42 bits per heavy atom. The highest BCUT2D eigenvalue weighted by Crippen LogP contribution is 2.47. The Morgan fingerprint density at radius 1 is 0.698 bits per heavy atom. The Balaban J connectivity index is 1.06. The maximum Gasteiger partial charge on any atom is 0.223 e. The Bertz CT molecular complexity index is 2860. The highest BCUT2D eigenvalue weighted by molar-refractivity contribution is 7.20. The predicted octanol–water partition coefficient (Wildman–Crippen LogP) is 10.7. The number of fused-ring (bicyclic) bond motifs is 7. The van der Waals surface area contributed by atoms with Crippen molar-refractivity contribution < 1.29 is 4.42 Å². The van der Waals surface area contributed by atoms with E-state index in [-0.39, 0.29) is 12.0 Å². The third kappa shape index (κ3) is 4.99. The van der Waals surface area contributed by atoms with Crippen LogP contribution in [0.5, 0.6) is 0 Å². The van der Waals surface area contributed by atoms with Crippen LogP contribution in [0, 0.1) is 5.92 Å². The Labute approximate surface area is 311 Å². The van der Waals surface area contributed by atoms with Gasteiger partial charge in [-0.2, -0.15) is 0 Å². The summed E-state index contributed by atoms with van der Waals surface area (Å²) in [5.74, 6) is 2.13. The second-order valence-electron chi connectivity index (χ2n) is 14.1. The van der Waals surface area contributed by atoms with Crippen LogP contribution in [0.2, 0.25) is 0 Å². The van der Waals surface area contributed by atoms with E-state index in [4.69, 9.17) is 19.4 Å². The van der Waals surface area contributed by atoms with E-state index >= 15 is 0 Å². The molecule has 0 bridgehead atoms. The van der Waals surface area contributed by atoms with Crippen LogP contribution >= 0.6 is 11.3 Å². The minimum atomic E-state index is -0.111. The van der Waals surface area contributed by atoms with Crippen LogP contribution in [0.15, 0.2) is 155 Å². The van der Waals surface area contributed by atoms with Gasteiger partial charge in [0.2, 0.25) is 5.55 Å². The molecule has 0 spiro atoms. The highest BCUT2D eigenvalue weighted by atomic mass is 32.1. The lowest BCUT2D eigenvalue weighted by molar-refractivity contribution is 0.463. The van der Waals surface area contributed by atoms with Crippen molar-refractivity contribution in [2.24, 2.45) is 10.9 Å². The summed E-state index contributed by atoms with van der Waals surface area (Å²) in [4.78, 5) is 17.2. The lowest BCUT2D eigenvalue weighted by Crippen LogP contribution is -2.35. The second kappa shape index (κ2) is 12.2. The fourth-order valence-electron chi connectivity index (χ4n) is 8.57. The van der Waals surface area contributed by atoms with Gasteiger partial charge in [0.05, 0.1) is 17.4 Å². The summed E-state index contributed by atoms with van der Waals surface area (Å²) in [5, 5.41) is 2.45. The lowest BCUT2D eigenvalue weighted by atomic mass is 9.81. The first-order valence-electron chi connectivity index (χ1n) is 18.3. The molecule has 3 atom stereocenters. The van der Waals surface area contributed by atoms with E-state index in [1.54, 1.807) is 0 Å². The van der Waals surface area contributed by atoms with Gasteiger partial charge in [0.15, 0.2) is 5.82 Å². The molecule has 4 heterocycles. The Hall–Kier alpha value is -6.17. The number of rotatable bonds is 5. The van der Waals surface area contributed by atoms with Crippen LogP contribution in [0.25, 0.3) is 61.7 Å². The topological polar surface area (TPSA) is 51.3 Å². The molecular formula is C48H33N3OS. The summed E-state index contributed by atoms with van der Waals surface area (Å²) >= 11 is 1.91. The minimum absolute atomic E-state index is 0.111. The molecule has 1 aliphatic heterocycles. The van der Waals surface area contributed by atoms with Gasteiger partial charge in [0.1, 0.15) is 5.76 Å². The maximum absolute atomic E-state index is 6.33. The van der Waals surface area contributed by atoms with Crippen molar-refractivity contribution in [3.05, 3.63) is 189 Å². The monoisotopic (exact) mass is 699 g/mol. The first kappa shape index (κ1) is 30.5. The van der Waals surface area contributed by atoms with Crippen molar-refractivity contribution in [3.63, 3.8) is 0 Å². The number of benzene rings is 4. The van der Waals surface area contributed by atoms with Gasteiger partial charge in [-0.15, -0.1) is 11.3 Å². The lowest BCUT2D eigenvalue weighted by Gasteiger charge is -2.27. The van der Waals surface area contributed by atoms with Crippen LogP contribution in [0.4, 0.5) is 0 Å². The van der Waals surface area contributed by atoms with Crippen molar-refractivity contribution in [2.75, 3.05) is 0 Å². The second-order valence-corrected chi connectivity index (χ2v) is 15.2. The standard InChI is InChI=1S/C48H33N3OS/c1-3-13-29(14-4-1)33-21-10-22-36-37-23-11-24-38(46(37)53-45(33)36)41-28-40(49-47(50-41)30-15-5-2-6-16-30)31-17-9-18-32(27-31)44-35-20-8-7-19-34(35)43-39-25-12-26-42(39)52-48(43)51-44/h1-20,22-24,26-28,33,35,44H,21,25H2. The van der Waals surface area contributed by atoms with Crippen molar-refractivity contribution in [1.29, 1.82) is 0 Å². The first-order chi connectivity index (χ1) is 26.3. The normalized spacial score (nSPS) is 19.2. The largest absolute Gasteiger partial charge is 0.438 e. The minimum Gasteiger partial charge on any atom is -0.438 e. The average Bonchev–Trinajstić information content (AvgIpc) is 3.94. The van der Waals surface area contributed by atoms with Gasteiger partial charge < -0.3 is 4.42 Å². The van der Waals surface area contributed by atoms with Crippen molar-refractivity contribution in [2.45, 2.75) is 24.8 Å². The van der Waals surface area contributed by atoms with Gasteiger partial charge in [-0.3, -0.25) is 0 Å². The fraction of sp³-hybridized carbons (Fsp3) is 0.104. The molecule has 4 aromatic carbocycles. The van der Waals surface area contributed by atoms with E-state index in [0.29, 0.717) is 11.7 Å². The zero-order chi connectivity index (χ0) is 34.9. The molecule has 0 saturated heterocycles. The van der Waals surface area contributed by atoms with E-state index < -0.39 is 0 Å². The van der Waals surface area contributed by atoms with Gasteiger partial charge in [-0.05, 0) is 53.3 Å². The van der Waals surface area contributed by atoms with Crippen LogP contribution < -0.4 is 10.8 Å².